The first-order chi connectivity index (χ1) is 11.7. The number of nitrogens with one attached hydrogen (secondary N) is 1. The second kappa shape index (κ2) is 8.29. The van der Waals surface area contributed by atoms with Gasteiger partial charge in [-0.15, -0.1) is 0 Å². The molecular weight excluding hydrogens is 338 g/mol. The predicted molar refractivity (Wildman–Crippen MR) is 98.9 cm³/mol. The lowest BCUT2D eigenvalue weighted by Crippen LogP contribution is -2.51. The molecule has 6 nitrogen and oxygen atoms in total. The summed E-state index contributed by atoms with van der Waals surface area (Å²) in [5, 5.41) is 3.46. The van der Waals surface area contributed by atoms with E-state index in [2.05, 4.69) is 19.2 Å². The lowest BCUT2D eigenvalue weighted by atomic mass is 10.0. The molecule has 0 spiro atoms. The smallest absolute Gasteiger partial charge is 0.243 e. The van der Waals surface area contributed by atoms with Gasteiger partial charge in [-0.05, 0) is 31.9 Å². The topological polar surface area (TPSA) is 69.7 Å². The number of rotatable bonds is 6. The van der Waals surface area contributed by atoms with Gasteiger partial charge in [-0.3, -0.25) is 4.79 Å². The van der Waals surface area contributed by atoms with Crippen LogP contribution in [0, 0.1) is 6.92 Å². The highest BCUT2D eigenvalue weighted by atomic mass is 32.2. The largest absolute Gasteiger partial charge is 0.340 e. The van der Waals surface area contributed by atoms with Crippen LogP contribution in [-0.2, 0) is 14.8 Å². The van der Waals surface area contributed by atoms with E-state index in [-0.39, 0.29) is 23.4 Å². The van der Waals surface area contributed by atoms with Crippen molar-refractivity contribution in [3.05, 3.63) is 29.8 Å². The Labute approximate surface area is 151 Å². The zero-order chi connectivity index (χ0) is 18.6. The summed E-state index contributed by atoms with van der Waals surface area (Å²) in [4.78, 5) is 14.5. The van der Waals surface area contributed by atoms with Crippen LogP contribution in [0.2, 0.25) is 0 Å². The molecule has 0 aromatic heterocycles. The van der Waals surface area contributed by atoms with Gasteiger partial charge in [0.15, 0.2) is 0 Å². The molecule has 1 saturated heterocycles. The first-order valence-electron chi connectivity index (χ1n) is 8.77. The van der Waals surface area contributed by atoms with Gasteiger partial charge in [0.1, 0.15) is 0 Å². The molecule has 140 valence electrons. The van der Waals surface area contributed by atoms with Gasteiger partial charge in [0.05, 0.1) is 11.4 Å². The molecule has 25 heavy (non-hydrogen) atoms. The number of benzene rings is 1. The maximum Gasteiger partial charge on any atom is 0.243 e. The normalized spacial score (nSPS) is 18.8. The number of likely N-dealkylation sites (tertiary alicyclic amines) is 1. The van der Waals surface area contributed by atoms with E-state index in [4.69, 9.17) is 0 Å². The minimum Gasteiger partial charge on any atom is -0.340 e. The minimum absolute atomic E-state index is 0.134. The van der Waals surface area contributed by atoms with Gasteiger partial charge in [-0.25, -0.2) is 8.42 Å². The molecule has 0 aliphatic carbocycles. The summed E-state index contributed by atoms with van der Waals surface area (Å²) >= 11 is 0. The quantitative estimate of drug-likeness (QED) is 0.829. The molecule has 1 amide bonds. The van der Waals surface area contributed by atoms with Crippen LogP contribution in [0.4, 0.5) is 0 Å². The molecule has 2 rings (SSSR count). The maximum atomic E-state index is 12.6. The monoisotopic (exact) mass is 367 g/mol. The summed E-state index contributed by atoms with van der Waals surface area (Å²) in [7, 11) is -2.19. The number of sulfonamides is 1. The van der Waals surface area contributed by atoms with E-state index in [0.717, 1.165) is 22.7 Å². The molecule has 1 aromatic carbocycles. The summed E-state index contributed by atoms with van der Waals surface area (Å²) < 4.78 is 26.4. The van der Waals surface area contributed by atoms with Crippen molar-refractivity contribution in [1.82, 2.24) is 14.5 Å². The van der Waals surface area contributed by atoms with E-state index >= 15 is 0 Å². The summed E-state index contributed by atoms with van der Waals surface area (Å²) in [6, 6.07) is 7.32. The number of amides is 1. The Morgan fingerprint density at radius 2 is 1.96 bits per heavy atom. The molecule has 0 radical (unpaired) electrons. The molecule has 1 atom stereocenters. The second-order valence-electron chi connectivity index (χ2n) is 7.07. The molecule has 1 N–H and O–H groups in total. The van der Waals surface area contributed by atoms with Crippen LogP contribution in [0.15, 0.2) is 29.2 Å². The molecule has 0 saturated carbocycles. The van der Waals surface area contributed by atoms with E-state index < -0.39 is 10.0 Å². The van der Waals surface area contributed by atoms with Crippen LogP contribution in [0.25, 0.3) is 0 Å². The molecule has 7 heteroatoms. The summed E-state index contributed by atoms with van der Waals surface area (Å²) in [6.07, 6.45) is 1.98. The fraction of sp³-hybridized carbons (Fsp3) is 0.611. The van der Waals surface area contributed by atoms with Crippen molar-refractivity contribution in [1.29, 1.82) is 0 Å². The minimum atomic E-state index is -3.65. The summed E-state index contributed by atoms with van der Waals surface area (Å²) in [6.45, 7) is 7.26. The van der Waals surface area contributed by atoms with Crippen LogP contribution in [0.3, 0.4) is 0 Å². The fourth-order valence-corrected chi connectivity index (χ4v) is 4.20. The Balaban J connectivity index is 2.00. The van der Waals surface area contributed by atoms with Crippen molar-refractivity contribution >= 4 is 15.9 Å². The maximum absolute atomic E-state index is 12.6. The summed E-state index contributed by atoms with van der Waals surface area (Å²) in [5.41, 5.74) is 0.995. The van der Waals surface area contributed by atoms with Gasteiger partial charge in [0.2, 0.25) is 15.9 Å². The Morgan fingerprint density at radius 1 is 1.32 bits per heavy atom. The van der Waals surface area contributed by atoms with Crippen molar-refractivity contribution in [2.45, 2.75) is 50.6 Å². The van der Waals surface area contributed by atoms with Crippen LogP contribution >= 0.6 is 0 Å². The third-order valence-corrected chi connectivity index (χ3v) is 6.25. The molecule has 1 aliphatic rings. The fourth-order valence-electron chi connectivity index (χ4n) is 3.08. The van der Waals surface area contributed by atoms with Crippen molar-refractivity contribution < 1.29 is 13.2 Å². The highest BCUT2D eigenvalue weighted by Crippen LogP contribution is 2.16. The number of carbonyl (C=O) groups is 1. The van der Waals surface area contributed by atoms with Crippen LogP contribution < -0.4 is 5.32 Å². The highest BCUT2D eigenvalue weighted by Gasteiger charge is 2.28. The molecular formula is C18H29N3O3S. The lowest BCUT2D eigenvalue weighted by molar-refractivity contribution is -0.132. The van der Waals surface area contributed by atoms with Gasteiger partial charge in [0, 0.05) is 32.2 Å². The highest BCUT2D eigenvalue weighted by molar-refractivity contribution is 7.89. The second-order valence-corrected chi connectivity index (χ2v) is 9.12. The van der Waals surface area contributed by atoms with E-state index in [1.807, 2.05) is 6.92 Å². The number of carbonyl (C=O) groups excluding carboxylic acids is 1. The average Bonchev–Trinajstić information content (AvgIpc) is 2.54. The number of hydrogen-bond acceptors (Lipinski definition) is 4. The SMILES string of the molecule is Cc1ccc(S(=O)(=O)N(C)CC(=O)N2CCC[C@@H](NC(C)C)C2)cc1. The van der Waals surface area contributed by atoms with Gasteiger partial charge in [-0.2, -0.15) is 4.31 Å². The standard InChI is InChI=1S/C18H29N3O3S/c1-14(2)19-16-6-5-11-21(12-16)18(22)13-20(4)25(23,24)17-9-7-15(3)8-10-17/h7-10,14,16,19H,5-6,11-13H2,1-4H3/t16-/m1/s1. The van der Waals surface area contributed by atoms with Gasteiger partial charge < -0.3 is 10.2 Å². The van der Waals surface area contributed by atoms with Crippen molar-refractivity contribution in [3.63, 3.8) is 0 Å². The van der Waals surface area contributed by atoms with E-state index in [1.165, 1.54) is 7.05 Å². The average molecular weight is 368 g/mol. The van der Waals surface area contributed by atoms with Crippen LogP contribution in [-0.4, -0.2) is 62.3 Å². The Hall–Kier alpha value is -1.44. The molecule has 0 unspecified atom stereocenters. The van der Waals surface area contributed by atoms with Gasteiger partial charge in [-0.1, -0.05) is 31.5 Å². The van der Waals surface area contributed by atoms with Gasteiger partial charge >= 0.3 is 0 Å². The number of hydrogen-bond donors (Lipinski definition) is 1. The lowest BCUT2D eigenvalue weighted by Gasteiger charge is -2.35. The number of nitrogens with zero attached hydrogens (tertiary/aromatic N) is 2. The predicted octanol–water partition coefficient (Wildman–Crippen LogP) is 1.60. The van der Waals surface area contributed by atoms with Crippen molar-refractivity contribution in [2.24, 2.45) is 0 Å². The van der Waals surface area contributed by atoms with E-state index in [1.54, 1.807) is 29.2 Å². The number of likely N-dealkylation sites (N-methyl/N-ethyl adjacent to an activating group) is 1. The number of piperidine rings is 1. The zero-order valence-corrected chi connectivity index (χ0v) is 16.3. The first-order valence-corrected chi connectivity index (χ1v) is 10.2. The Kier molecular flexibility index (Phi) is 6.59. The van der Waals surface area contributed by atoms with Crippen LogP contribution in [0.1, 0.15) is 32.3 Å². The van der Waals surface area contributed by atoms with Crippen molar-refractivity contribution in [3.8, 4) is 0 Å². The molecule has 0 bridgehead atoms. The summed E-state index contributed by atoms with van der Waals surface area (Å²) in [5.74, 6) is -0.145. The van der Waals surface area contributed by atoms with Crippen molar-refractivity contribution in [2.75, 3.05) is 26.7 Å². The Morgan fingerprint density at radius 3 is 2.56 bits per heavy atom. The zero-order valence-electron chi connectivity index (χ0n) is 15.5. The van der Waals surface area contributed by atoms with Gasteiger partial charge in [0.25, 0.3) is 0 Å². The van der Waals surface area contributed by atoms with E-state index in [0.29, 0.717) is 19.1 Å². The van der Waals surface area contributed by atoms with Crippen LogP contribution in [0.5, 0.6) is 0 Å². The Bertz CT molecular complexity index is 686. The first kappa shape index (κ1) is 19.9. The molecule has 1 heterocycles. The molecule has 1 fully saturated rings. The molecule has 1 aliphatic heterocycles. The molecule has 1 aromatic rings. The van der Waals surface area contributed by atoms with E-state index in [9.17, 15) is 13.2 Å². The third-order valence-electron chi connectivity index (χ3n) is 4.43. The third kappa shape index (κ3) is 5.26. The number of aryl methyl sites for hydroxylation is 1.